The fourth-order valence-corrected chi connectivity index (χ4v) is 1.28. The Morgan fingerprint density at radius 2 is 2.29 bits per heavy atom. The number of ether oxygens (including phenoxy) is 1. The normalized spacial score (nSPS) is 12.5. The van der Waals surface area contributed by atoms with Gasteiger partial charge in [-0.2, -0.15) is 0 Å². The molecule has 0 amide bonds. The molecule has 1 aromatic carbocycles. The van der Waals surface area contributed by atoms with Gasteiger partial charge in [0, 0.05) is 5.33 Å². The molecule has 0 bridgehead atoms. The van der Waals surface area contributed by atoms with Crippen molar-refractivity contribution in [2.45, 2.75) is 19.4 Å². The van der Waals surface area contributed by atoms with E-state index in [1.54, 1.807) is 0 Å². The summed E-state index contributed by atoms with van der Waals surface area (Å²) in [5.41, 5.74) is 1.25. The molecule has 1 rings (SSSR count). The van der Waals surface area contributed by atoms with Crippen molar-refractivity contribution in [2.75, 3.05) is 11.9 Å². The summed E-state index contributed by atoms with van der Waals surface area (Å²) in [6.45, 7) is 2.44. The van der Waals surface area contributed by atoms with Gasteiger partial charge in [-0.25, -0.2) is 0 Å². The average Bonchev–Trinajstić information content (AvgIpc) is 2.26. The number of hydrogen-bond acceptors (Lipinski definition) is 2. The topological polar surface area (TPSA) is 29.5 Å². The van der Waals surface area contributed by atoms with E-state index in [9.17, 15) is 5.11 Å². The van der Waals surface area contributed by atoms with Crippen LogP contribution in [0.5, 0.6) is 5.75 Å². The molecule has 0 radical (unpaired) electrons. The molecule has 0 heterocycles. The Labute approximate surface area is 93.0 Å². The minimum Gasteiger partial charge on any atom is -0.491 e. The number of aliphatic hydroxyl groups is 1. The lowest BCUT2D eigenvalue weighted by molar-refractivity contribution is 0.127. The molecule has 0 fully saturated rings. The van der Waals surface area contributed by atoms with Gasteiger partial charge in [-0.05, 0) is 24.1 Å². The summed E-state index contributed by atoms with van der Waals surface area (Å²) in [4.78, 5) is 0. The van der Waals surface area contributed by atoms with Gasteiger partial charge in [-0.15, -0.1) is 0 Å². The van der Waals surface area contributed by atoms with E-state index in [0.717, 1.165) is 12.2 Å². The molecular weight excluding hydrogens is 244 g/mol. The standard InChI is InChI=1S/C11H15BrO2/c1-2-9-4-3-5-11(6-9)14-8-10(13)7-12/h3-6,10,13H,2,7-8H2,1H3. The quantitative estimate of drug-likeness (QED) is 0.823. The molecular formula is C11H15BrO2. The van der Waals surface area contributed by atoms with Gasteiger partial charge in [-0.3, -0.25) is 0 Å². The zero-order chi connectivity index (χ0) is 10.4. The van der Waals surface area contributed by atoms with Gasteiger partial charge >= 0.3 is 0 Å². The van der Waals surface area contributed by atoms with Crippen LogP contribution in [0.4, 0.5) is 0 Å². The number of benzene rings is 1. The van der Waals surface area contributed by atoms with Crippen LogP contribution in [0.3, 0.4) is 0 Å². The predicted octanol–water partition coefficient (Wildman–Crippen LogP) is 2.38. The lowest BCUT2D eigenvalue weighted by Gasteiger charge is -2.10. The molecule has 2 nitrogen and oxygen atoms in total. The second-order valence-corrected chi connectivity index (χ2v) is 3.77. The minimum atomic E-state index is -0.444. The smallest absolute Gasteiger partial charge is 0.119 e. The Kier molecular flexibility index (Phi) is 4.98. The van der Waals surface area contributed by atoms with Crippen molar-refractivity contribution < 1.29 is 9.84 Å². The molecule has 78 valence electrons. The predicted molar refractivity (Wildman–Crippen MR) is 61.1 cm³/mol. The highest BCUT2D eigenvalue weighted by molar-refractivity contribution is 9.09. The van der Waals surface area contributed by atoms with Gasteiger partial charge in [0.05, 0.1) is 6.10 Å². The number of halogens is 1. The molecule has 3 heteroatoms. The molecule has 0 aliphatic rings. The van der Waals surface area contributed by atoms with E-state index in [4.69, 9.17) is 4.74 Å². The average molecular weight is 259 g/mol. The first-order chi connectivity index (χ1) is 6.76. The fraction of sp³-hybridized carbons (Fsp3) is 0.455. The molecule has 0 saturated heterocycles. The zero-order valence-electron chi connectivity index (χ0n) is 8.24. The van der Waals surface area contributed by atoms with Crippen LogP contribution in [0.2, 0.25) is 0 Å². The van der Waals surface area contributed by atoms with Crippen molar-refractivity contribution in [2.24, 2.45) is 0 Å². The molecule has 0 spiro atoms. The Bertz CT molecular complexity index is 276. The molecule has 14 heavy (non-hydrogen) atoms. The molecule has 1 atom stereocenters. The first kappa shape index (κ1) is 11.5. The van der Waals surface area contributed by atoms with E-state index >= 15 is 0 Å². The van der Waals surface area contributed by atoms with Gasteiger partial charge in [0.2, 0.25) is 0 Å². The van der Waals surface area contributed by atoms with Crippen molar-refractivity contribution in [1.82, 2.24) is 0 Å². The molecule has 1 unspecified atom stereocenters. The van der Waals surface area contributed by atoms with Gasteiger partial charge in [0.15, 0.2) is 0 Å². The highest BCUT2D eigenvalue weighted by atomic mass is 79.9. The Balaban J connectivity index is 2.50. The molecule has 0 aliphatic carbocycles. The van der Waals surface area contributed by atoms with Crippen LogP contribution in [-0.4, -0.2) is 23.1 Å². The van der Waals surface area contributed by atoms with Crippen molar-refractivity contribution in [3.05, 3.63) is 29.8 Å². The van der Waals surface area contributed by atoms with Crippen LogP contribution in [0.1, 0.15) is 12.5 Å². The monoisotopic (exact) mass is 258 g/mol. The summed E-state index contributed by atoms with van der Waals surface area (Å²) in [6.07, 6.45) is 0.554. The molecule has 0 aliphatic heterocycles. The van der Waals surface area contributed by atoms with E-state index in [0.29, 0.717) is 11.9 Å². The Morgan fingerprint density at radius 1 is 1.50 bits per heavy atom. The summed E-state index contributed by atoms with van der Waals surface area (Å²) in [7, 11) is 0. The van der Waals surface area contributed by atoms with Crippen LogP contribution < -0.4 is 4.74 Å². The zero-order valence-corrected chi connectivity index (χ0v) is 9.83. The number of alkyl halides is 1. The first-order valence-electron chi connectivity index (χ1n) is 4.72. The van der Waals surface area contributed by atoms with Crippen LogP contribution in [0, 0.1) is 0 Å². The largest absolute Gasteiger partial charge is 0.491 e. The van der Waals surface area contributed by atoms with Gasteiger partial charge < -0.3 is 9.84 Å². The molecule has 0 aromatic heterocycles. The maximum absolute atomic E-state index is 9.27. The van der Waals surface area contributed by atoms with Gasteiger partial charge in [-0.1, -0.05) is 35.0 Å². The Hall–Kier alpha value is -0.540. The van der Waals surface area contributed by atoms with E-state index in [1.165, 1.54) is 5.56 Å². The maximum Gasteiger partial charge on any atom is 0.119 e. The third-order valence-electron chi connectivity index (χ3n) is 1.93. The first-order valence-corrected chi connectivity index (χ1v) is 5.84. The third kappa shape index (κ3) is 3.68. The summed E-state index contributed by atoms with van der Waals surface area (Å²) >= 11 is 3.19. The van der Waals surface area contributed by atoms with Crippen LogP contribution in [0.15, 0.2) is 24.3 Å². The van der Waals surface area contributed by atoms with Crippen LogP contribution in [-0.2, 0) is 6.42 Å². The van der Waals surface area contributed by atoms with Crippen molar-refractivity contribution >= 4 is 15.9 Å². The number of aryl methyl sites for hydroxylation is 1. The van der Waals surface area contributed by atoms with Crippen molar-refractivity contribution in [1.29, 1.82) is 0 Å². The summed E-state index contributed by atoms with van der Waals surface area (Å²) in [5.74, 6) is 0.823. The highest BCUT2D eigenvalue weighted by Gasteiger charge is 2.02. The minimum absolute atomic E-state index is 0.332. The highest BCUT2D eigenvalue weighted by Crippen LogP contribution is 2.13. The SMILES string of the molecule is CCc1cccc(OCC(O)CBr)c1. The summed E-state index contributed by atoms with van der Waals surface area (Å²) in [5, 5.41) is 9.82. The van der Waals surface area contributed by atoms with E-state index in [1.807, 2.05) is 18.2 Å². The van der Waals surface area contributed by atoms with E-state index in [2.05, 4.69) is 28.9 Å². The van der Waals surface area contributed by atoms with Crippen molar-refractivity contribution in [3.8, 4) is 5.75 Å². The number of aliphatic hydroxyl groups excluding tert-OH is 1. The fourth-order valence-electron chi connectivity index (χ4n) is 1.09. The maximum atomic E-state index is 9.27. The second-order valence-electron chi connectivity index (χ2n) is 3.12. The number of hydrogen-bond donors (Lipinski definition) is 1. The summed E-state index contributed by atoms with van der Waals surface area (Å²) in [6, 6.07) is 7.93. The molecule has 1 aromatic rings. The van der Waals surface area contributed by atoms with Gasteiger partial charge in [0.25, 0.3) is 0 Å². The van der Waals surface area contributed by atoms with Gasteiger partial charge in [0.1, 0.15) is 12.4 Å². The molecule has 0 saturated carbocycles. The van der Waals surface area contributed by atoms with E-state index in [-0.39, 0.29) is 0 Å². The van der Waals surface area contributed by atoms with Crippen molar-refractivity contribution in [3.63, 3.8) is 0 Å². The third-order valence-corrected chi connectivity index (χ3v) is 2.67. The summed E-state index contributed by atoms with van der Waals surface area (Å²) < 4.78 is 5.42. The molecule has 1 N–H and O–H groups in total. The second kappa shape index (κ2) is 6.04. The van der Waals surface area contributed by atoms with Crippen LogP contribution in [0.25, 0.3) is 0 Å². The Morgan fingerprint density at radius 3 is 2.93 bits per heavy atom. The lowest BCUT2D eigenvalue weighted by Crippen LogP contribution is -2.18. The lowest BCUT2D eigenvalue weighted by atomic mass is 10.2. The number of rotatable bonds is 5. The van der Waals surface area contributed by atoms with E-state index < -0.39 is 6.10 Å². The van der Waals surface area contributed by atoms with Crippen LogP contribution >= 0.6 is 15.9 Å².